The third-order valence-corrected chi connectivity index (χ3v) is 4.37. The van der Waals surface area contributed by atoms with Crippen molar-refractivity contribution in [2.24, 2.45) is 0 Å². The van der Waals surface area contributed by atoms with Crippen LogP contribution in [0.4, 0.5) is 0 Å². The molecule has 20 heavy (non-hydrogen) atoms. The molecule has 0 spiro atoms. The van der Waals surface area contributed by atoms with Crippen molar-refractivity contribution < 1.29 is 9.47 Å². The standard InChI is InChI=1S/C14H14ClN3O2/c15-11-3-1-2-4-12(11)20-13(5-6-13)14(8-19-14)7-18-10-16-9-17-18/h1-4,9-10H,5-8H2. The van der Waals surface area contributed by atoms with E-state index in [1.165, 1.54) is 6.33 Å². The van der Waals surface area contributed by atoms with Crippen molar-refractivity contribution >= 4 is 11.6 Å². The Morgan fingerprint density at radius 1 is 1.35 bits per heavy atom. The molecule has 5 nitrogen and oxygen atoms in total. The summed E-state index contributed by atoms with van der Waals surface area (Å²) in [5.41, 5.74) is -0.566. The molecule has 0 radical (unpaired) electrons. The molecule has 1 unspecified atom stereocenters. The summed E-state index contributed by atoms with van der Waals surface area (Å²) >= 11 is 6.18. The lowest BCUT2D eigenvalue weighted by Crippen LogP contribution is -2.41. The first-order valence-corrected chi connectivity index (χ1v) is 7.01. The van der Waals surface area contributed by atoms with E-state index in [2.05, 4.69) is 10.1 Å². The van der Waals surface area contributed by atoms with Gasteiger partial charge in [-0.2, -0.15) is 5.10 Å². The number of aromatic nitrogens is 3. The molecular formula is C14H14ClN3O2. The summed E-state index contributed by atoms with van der Waals surface area (Å²) in [5, 5.41) is 4.79. The van der Waals surface area contributed by atoms with Crippen LogP contribution in [0.3, 0.4) is 0 Å². The van der Waals surface area contributed by atoms with Crippen LogP contribution in [0.5, 0.6) is 5.75 Å². The highest BCUT2D eigenvalue weighted by molar-refractivity contribution is 6.32. The van der Waals surface area contributed by atoms with Gasteiger partial charge in [0.05, 0.1) is 18.2 Å². The molecule has 1 atom stereocenters. The van der Waals surface area contributed by atoms with Crippen molar-refractivity contribution in [1.82, 2.24) is 14.8 Å². The van der Waals surface area contributed by atoms with E-state index < -0.39 is 0 Å². The molecular weight excluding hydrogens is 278 g/mol. The molecule has 6 heteroatoms. The van der Waals surface area contributed by atoms with Crippen LogP contribution >= 0.6 is 11.6 Å². The highest BCUT2D eigenvalue weighted by atomic mass is 35.5. The second-order valence-corrected chi connectivity index (χ2v) is 5.81. The van der Waals surface area contributed by atoms with Crippen LogP contribution in [0.2, 0.25) is 5.02 Å². The molecule has 2 heterocycles. The molecule has 104 valence electrons. The van der Waals surface area contributed by atoms with E-state index in [0.29, 0.717) is 18.2 Å². The number of para-hydroxylation sites is 1. The number of hydrogen-bond donors (Lipinski definition) is 0. The number of rotatable bonds is 5. The van der Waals surface area contributed by atoms with E-state index in [1.807, 2.05) is 24.3 Å². The number of nitrogens with zero attached hydrogens (tertiary/aromatic N) is 3. The van der Waals surface area contributed by atoms with Crippen molar-refractivity contribution in [2.45, 2.75) is 30.6 Å². The largest absolute Gasteiger partial charge is 0.483 e. The monoisotopic (exact) mass is 291 g/mol. The van der Waals surface area contributed by atoms with Crippen molar-refractivity contribution in [3.8, 4) is 5.75 Å². The van der Waals surface area contributed by atoms with Gasteiger partial charge in [0.25, 0.3) is 0 Å². The quantitative estimate of drug-likeness (QED) is 0.793. The molecule has 2 aliphatic rings. The number of ether oxygens (including phenoxy) is 2. The Hall–Kier alpha value is -1.59. The maximum atomic E-state index is 6.20. The first-order chi connectivity index (χ1) is 9.73. The lowest BCUT2D eigenvalue weighted by Gasteiger charge is -2.25. The molecule has 1 saturated carbocycles. The highest BCUT2D eigenvalue weighted by Crippen LogP contribution is 2.57. The fourth-order valence-corrected chi connectivity index (χ4v) is 2.84. The van der Waals surface area contributed by atoms with Gasteiger partial charge in [0, 0.05) is 0 Å². The molecule has 1 aromatic carbocycles. The van der Waals surface area contributed by atoms with Crippen LogP contribution < -0.4 is 4.74 Å². The molecule has 1 aliphatic heterocycles. The van der Waals surface area contributed by atoms with Gasteiger partial charge in [0.1, 0.15) is 24.0 Å². The lowest BCUT2D eigenvalue weighted by molar-refractivity contribution is 0.0607. The van der Waals surface area contributed by atoms with Crippen LogP contribution in [-0.2, 0) is 11.3 Å². The molecule has 0 bridgehead atoms. The first-order valence-electron chi connectivity index (χ1n) is 6.63. The Kier molecular flexibility index (Phi) is 2.56. The summed E-state index contributed by atoms with van der Waals surface area (Å²) in [6, 6.07) is 7.56. The maximum Gasteiger partial charge on any atom is 0.150 e. The third kappa shape index (κ3) is 1.89. The summed E-state index contributed by atoms with van der Waals surface area (Å²) in [6.45, 7) is 1.36. The molecule has 2 fully saturated rings. The lowest BCUT2D eigenvalue weighted by atomic mass is 10.0. The summed E-state index contributed by atoms with van der Waals surface area (Å²) in [6.07, 6.45) is 5.19. The SMILES string of the molecule is Clc1ccccc1OC1(C2(Cn3cncn3)CO2)CC1. The zero-order valence-corrected chi connectivity index (χ0v) is 11.6. The molecule has 0 amide bonds. The van der Waals surface area contributed by atoms with Gasteiger partial charge in [0.2, 0.25) is 0 Å². The van der Waals surface area contributed by atoms with Gasteiger partial charge in [-0.3, -0.25) is 0 Å². The highest BCUT2D eigenvalue weighted by Gasteiger charge is 2.70. The van der Waals surface area contributed by atoms with Gasteiger partial charge >= 0.3 is 0 Å². The minimum absolute atomic E-state index is 0.274. The van der Waals surface area contributed by atoms with Gasteiger partial charge in [0.15, 0.2) is 5.60 Å². The Bertz CT molecular complexity index is 621. The minimum Gasteiger partial charge on any atom is -0.483 e. The molecule has 0 N–H and O–H groups in total. The third-order valence-electron chi connectivity index (χ3n) is 4.05. The van der Waals surface area contributed by atoms with Crippen LogP contribution in [0.1, 0.15) is 12.8 Å². The van der Waals surface area contributed by atoms with Gasteiger partial charge in [-0.15, -0.1) is 0 Å². The summed E-state index contributed by atoms with van der Waals surface area (Å²) in [4.78, 5) is 3.97. The van der Waals surface area contributed by atoms with Crippen LogP contribution in [0.25, 0.3) is 0 Å². The molecule has 4 rings (SSSR count). The summed E-state index contributed by atoms with van der Waals surface area (Å²) in [5.74, 6) is 0.722. The number of benzene rings is 1. The van der Waals surface area contributed by atoms with Crippen molar-refractivity contribution in [2.75, 3.05) is 6.61 Å². The van der Waals surface area contributed by atoms with E-state index in [4.69, 9.17) is 21.1 Å². The van der Waals surface area contributed by atoms with Crippen LogP contribution in [-0.4, -0.2) is 32.6 Å². The number of epoxide rings is 1. The second-order valence-electron chi connectivity index (χ2n) is 5.40. The predicted molar refractivity (Wildman–Crippen MR) is 72.8 cm³/mol. The van der Waals surface area contributed by atoms with Gasteiger partial charge in [-0.1, -0.05) is 23.7 Å². The fraction of sp³-hybridized carbons (Fsp3) is 0.429. The van der Waals surface area contributed by atoms with E-state index in [-0.39, 0.29) is 11.2 Å². The van der Waals surface area contributed by atoms with Gasteiger partial charge in [-0.05, 0) is 25.0 Å². The minimum atomic E-state index is -0.292. The van der Waals surface area contributed by atoms with Crippen LogP contribution in [0.15, 0.2) is 36.9 Å². The van der Waals surface area contributed by atoms with Gasteiger partial charge in [-0.25, -0.2) is 9.67 Å². The first kappa shape index (κ1) is 12.2. The van der Waals surface area contributed by atoms with Crippen molar-refractivity contribution in [1.29, 1.82) is 0 Å². The van der Waals surface area contributed by atoms with E-state index in [9.17, 15) is 0 Å². The Labute approximate surface area is 121 Å². The molecule has 1 aliphatic carbocycles. The molecule has 1 aromatic heterocycles. The normalized spacial score (nSPS) is 26.2. The second kappa shape index (κ2) is 4.20. The summed E-state index contributed by atoms with van der Waals surface area (Å²) < 4.78 is 13.7. The zero-order valence-electron chi connectivity index (χ0n) is 10.8. The number of hydrogen-bond acceptors (Lipinski definition) is 4. The van der Waals surface area contributed by atoms with E-state index >= 15 is 0 Å². The predicted octanol–water partition coefficient (Wildman–Crippen LogP) is 2.31. The zero-order chi connectivity index (χ0) is 13.6. The number of halogens is 1. The Morgan fingerprint density at radius 3 is 2.75 bits per heavy atom. The van der Waals surface area contributed by atoms with Crippen LogP contribution in [0, 0.1) is 0 Å². The topological polar surface area (TPSA) is 52.5 Å². The van der Waals surface area contributed by atoms with Gasteiger partial charge < -0.3 is 9.47 Å². The maximum absolute atomic E-state index is 6.20. The van der Waals surface area contributed by atoms with E-state index in [0.717, 1.165) is 18.6 Å². The fourth-order valence-electron chi connectivity index (χ4n) is 2.66. The van der Waals surface area contributed by atoms with Crippen molar-refractivity contribution in [3.05, 3.63) is 41.9 Å². The molecule has 1 saturated heterocycles. The average Bonchev–Trinajstić information content (AvgIpc) is 3.34. The Balaban J connectivity index is 1.57. The Morgan fingerprint density at radius 2 is 2.15 bits per heavy atom. The molecule has 2 aromatic rings. The smallest absolute Gasteiger partial charge is 0.150 e. The van der Waals surface area contributed by atoms with E-state index in [1.54, 1.807) is 11.0 Å². The summed E-state index contributed by atoms with van der Waals surface area (Å²) in [7, 11) is 0. The van der Waals surface area contributed by atoms with Crippen molar-refractivity contribution in [3.63, 3.8) is 0 Å². The average molecular weight is 292 g/mol.